The number of nitrogens with zero attached hydrogens (tertiary/aromatic N) is 1. The second kappa shape index (κ2) is 5.89. The number of nitrogens with one attached hydrogen (secondary N) is 1. The summed E-state index contributed by atoms with van der Waals surface area (Å²) in [4.78, 5) is 14.5. The summed E-state index contributed by atoms with van der Waals surface area (Å²) in [6, 6.07) is 7.74. The Morgan fingerprint density at radius 2 is 2.22 bits per heavy atom. The van der Waals surface area contributed by atoms with Gasteiger partial charge in [0, 0.05) is 25.8 Å². The van der Waals surface area contributed by atoms with Gasteiger partial charge in [0.05, 0.1) is 5.56 Å². The first-order valence-electron chi connectivity index (χ1n) is 6.82. The first-order chi connectivity index (χ1) is 8.76. The van der Waals surface area contributed by atoms with E-state index < -0.39 is 0 Å². The third-order valence-corrected chi connectivity index (χ3v) is 3.81. The highest BCUT2D eigenvalue weighted by Crippen LogP contribution is 2.23. The van der Waals surface area contributed by atoms with E-state index in [1.165, 1.54) is 6.42 Å². The third kappa shape index (κ3) is 2.66. The topological polar surface area (TPSA) is 32.3 Å². The highest BCUT2D eigenvalue weighted by molar-refractivity contribution is 5.99. The molecule has 1 heterocycles. The van der Waals surface area contributed by atoms with Gasteiger partial charge < -0.3 is 10.2 Å². The van der Waals surface area contributed by atoms with E-state index in [-0.39, 0.29) is 5.91 Å². The zero-order valence-electron chi connectivity index (χ0n) is 11.3. The van der Waals surface area contributed by atoms with Crippen LogP contribution in [0.1, 0.15) is 36.5 Å². The maximum atomic E-state index is 12.5. The Kier molecular flexibility index (Phi) is 4.24. The molecule has 1 N–H and O–H groups in total. The fraction of sp³-hybridized carbons (Fsp3) is 0.533. The molecule has 98 valence electrons. The Labute approximate surface area is 109 Å². The molecule has 2 rings (SSSR count). The summed E-state index contributed by atoms with van der Waals surface area (Å²) in [5.41, 5.74) is 1.71. The lowest BCUT2D eigenvalue weighted by molar-refractivity contribution is 0.0672. The molecular weight excluding hydrogens is 224 g/mol. The predicted molar refractivity (Wildman–Crippen MR) is 74.9 cm³/mol. The molecule has 0 aliphatic carbocycles. The fourth-order valence-electron chi connectivity index (χ4n) is 2.64. The summed E-state index contributed by atoms with van der Waals surface area (Å²) >= 11 is 0. The van der Waals surface area contributed by atoms with Crippen LogP contribution in [0.25, 0.3) is 0 Å². The van der Waals surface area contributed by atoms with Crippen molar-refractivity contribution in [2.45, 2.75) is 26.2 Å². The monoisotopic (exact) mass is 246 g/mol. The average Bonchev–Trinajstić information content (AvgIpc) is 2.46. The number of para-hydroxylation sites is 1. The molecule has 0 spiro atoms. The van der Waals surface area contributed by atoms with E-state index in [4.69, 9.17) is 0 Å². The second-order valence-corrected chi connectivity index (χ2v) is 4.96. The predicted octanol–water partition coefficient (Wildman–Crippen LogP) is 2.99. The number of anilines is 1. The number of carbonyl (C=O) groups is 1. The molecule has 3 heteroatoms. The van der Waals surface area contributed by atoms with Gasteiger partial charge in [0.2, 0.25) is 0 Å². The molecule has 1 amide bonds. The highest BCUT2D eigenvalue weighted by Gasteiger charge is 2.24. The molecule has 1 unspecified atom stereocenters. The van der Waals surface area contributed by atoms with Crippen LogP contribution in [0.15, 0.2) is 24.3 Å². The molecular formula is C15H22N2O. The van der Waals surface area contributed by atoms with Gasteiger partial charge in [-0.3, -0.25) is 4.79 Å². The number of carbonyl (C=O) groups excluding carboxylic acids is 1. The van der Waals surface area contributed by atoms with Crippen molar-refractivity contribution in [3.63, 3.8) is 0 Å². The summed E-state index contributed by atoms with van der Waals surface area (Å²) in [5.74, 6) is 0.836. The van der Waals surface area contributed by atoms with Crippen LogP contribution in [0.2, 0.25) is 0 Å². The van der Waals surface area contributed by atoms with Gasteiger partial charge >= 0.3 is 0 Å². The van der Waals surface area contributed by atoms with Crippen molar-refractivity contribution in [3.8, 4) is 0 Å². The Hall–Kier alpha value is -1.51. The largest absolute Gasteiger partial charge is 0.387 e. The Morgan fingerprint density at radius 3 is 2.94 bits per heavy atom. The number of benzene rings is 1. The molecule has 1 atom stereocenters. The van der Waals surface area contributed by atoms with Gasteiger partial charge in [-0.05, 0) is 30.9 Å². The third-order valence-electron chi connectivity index (χ3n) is 3.81. The van der Waals surface area contributed by atoms with Crippen molar-refractivity contribution in [2.24, 2.45) is 5.92 Å². The Bertz CT molecular complexity index is 417. The van der Waals surface area contributed by atoms with Gasteiger partial charge in [-0.1, -0.05) is 25.5 Å². The standard InChI is InChI=1S/C15H22N2O/c1-3-12-7-6-10-17(11-12)15(18)13-8-4-5-9-14(13)16-2/h4-5,8-9,12,16H,3,6-7,10-11H2,1-2H3. The van der Waals surface area contributed by atoms with Gasteiger partial charge in [0.25, 0.3) is 5.91 Å². The van der Waals surface area contributed by atoms with Crippen molar-refractivity contribution in [2.75, 3.05) is 25.5 Å². The number of hydrogen-bond acceptors (Lipinski definition) is 2. The molecule has 1 aromatic rings. The lowest BCUT2D eigenvalue weighted by atomic mass is 9.95. The zero-order chi connectivity index (χ0) is 13.0. The van der Waals surface area contributed by atoms with Gasteiger partial charge in [-0.25, -0.2) is 0 Å². The van der Waals surface area contributed by atoms with Gasteiger partial charge in [-0.2, -0.15) is 0 Å². The second-order valence-electron chi connectivity index (χ2n) is 4.96. The number of likely N-dealkylation sites (tertiary alicyclic amines) is 1. The molecule has 18 heavy (non-hydrogen) atoms. The van der Waals surface area contributed by atoms with Crippen molar-refractivity contribution in [1.29, 1.82) is 0 Å². The van der Waals surface area contributed by atoms with Crippen LogP contribution in [-0.4, -0.2) is 30.9 Å². The van der Waals surface area contributed by atoms with Crippen LogP contribution in [0.5, 0.6) is 0 Å². The van der Waals surface area contributed by atoms with Crippen LogP contribution >= 0.6 is 0 Å². The smallest absolute Gasteiger partial charge is 0.255 e. The van der Waals surface area contributed by atoms with E-state index in [9.17, 15) is 4.79 Å². The molecule has 0 bridgehead atoms. The number of amides is 1. The van der Waals surface area contributed by atoms with Crippen molar-refractivity contribution < 1.29 is 4.79 Å². The number of hydrogen-bond donors (Lipinski definition) is 1. The van der Waals surface area contributed by atoms with Crippen molar-refractivity contribution in [3.05, 3.63) is 29.8 Å². The summed E-state index contributed by atoms with van der Waals surface area (Å²) in [7, 11) is 1.86. The molecule has 0 saturated carbocycles. The minimum absolute atomic E-state index is 0.165. The van der Waals surface area contributed by atoms with Gasteiger partial charge in [-0.15, -0.1) is 0 Å². The Balaban J connectivity index is 2.15. The Morgan fingerprint density at radius 1 is 1.44 bits per heavy atom. The first kappa shape index (κ1) is 12.9. The van der Waals surface area contributed by atoms with E-state index >= 15 is 0 Å². The van der Waals surface area contributed by atoms with Crippen molar-refractivity contribution in [1.82, 2.24) is 4.90 Å². The average molecular weight is 246 g/mol. The summed E-state index contributed by atoms with van der Waals surface area (Å²) < 4.78 is 0. The van der Waals surface area contributed by atoms with Crippen LogP contribution < -0.4 is 5.32 Å². The lowest BCUT2D eigenvalue weighted by Crippen LogP contribution is -2.39. The minimum Gasteiger partial charge on any atom is -0.387 e. The van der Waals surface area contributed by atoms with Gasteiger partial charge in [0.15, 0.2) is 0 Å². The first-order valence-corrected chi connectivity index (χ1v) is 6.82. The van der Waals surface area contributed by atoms with Crippen LogP contribution in [0.4, 0.5) is 5.69 Å². The van der Waals surface area contributed by atoms with Gasteiger partial charge in [0.1, 0.15) is 0 Å². The highest BCUT2D eigenvalue weighted by atomic mass is 16.2. The summed E-state index contributed by atoms with van der Waals surface area (Å²) in [5, 5.41) is 3.09. The fourth-order valence-corrected chi connectivity index (χ4v) is 2.64. The van der Waals surface area contributed by atoms with E-state index in [0.29, 0.717) is 5.92 Å². The van der Waals surface area contributed by atoms with Crippen molar-refractivity contribution >= 4 is 11.6 Å². The summed E-state index contributed by atoms with van der Waals surface area (Å²) in [6.45, 7) is 4.01. The molecule has 1 aliphatic heterocycles. The van der Waals surface area contributed by atoms with Crippen LogP contribution in [-0.2, 0) is 0 Å². The molecule has 3 nitrogen and oxygen atoms in total. The number of piperidine rings is 1. The molecule has 1 aliphatic rings. The quantitative estimate of drug-likeness (QED) is 0.889. The van der Waals surface area contributed by atoms with Crippen LogP contribution in [0.3, 0.4) is 0 Å². The lowest BCUT2D eigenvalue weighted by Gasteiger charge is -2.32. The van der Waals surface area contributed by atoms with E-state index in [2.05, 4.69) is 12.2 Å². The number of rotatable bonds is 3. The maximum absolute atomic E-state index is 12.5. The van der Waals surface area contributed by atoms with Crippen LogP contribution in [0, 0.1) is 5.92 Å². The normalized spacial score (nSPS) is 19.7. The molecule has 0 aromatic heterocycles. The molecule has 1 fully saturated rings. The van der Waals surface area contributed by atoms with E-state index in [1.807, 2.05) is 36.2 Å². The zero-order valence-corrected chi connectivity index (χ0v) is 11.3. The molecule has 1 aromatic carbocycles. The van der Waals surface area contributed by atoms with E-state index in [1.54, 1.807) is 0 Å². The minimum atomic E-state index is 0.165. The SMILES string of the molecule is CCC1CCCN(C(=O)c2ccccc2NC)C1. The molecule has 1 saturated heterocycles. The molecule has 0 radical (unpaired) electrons. The maximum Gasteiger partial charge on any atom is 0.255 e. The van der Waals surface area contributed by atoms with E-state index in [0.717, 1.165) is 37.2 Å². The summed E-state index contributed by atoms with van der Waals surface area (Å²) in [6.07, 6.45) is 3.55.